The molecule has 0 saturated carbocycles. The molecule has 0 spiro atoms. The number of amides is 1. The highest BCUT2D eigenvalue weighted by Gasteiger charge is 2.08. The van der Waals surface area contributed by atoms with E-state index in [9.17, 15) is 4.79 Å². The van der Waals surface area contributed by atoms with Crippen molar-refractivity contribution in [2.75, 3.05) is 12.3 Å². The van der Waals surface area contributed by atoms with Gasteiger partial charge in [-0.05, 0) is 26.0 Å². The Balaban J connectivity index is 2.83. The summed E-state index contributed by atoms with van der Waals surface area (Å²) in [6.45, 7) is 4.12. The van der Waals surface area contributed by atoms with E-state index in [4.69, 9.17) is 10.6 Å². The third kappa shape index (κ3) is 2.47. The van der Waals surface area contributed by atoms with Crippen molar-refractivity contribution in [3.05, 3.63) is 29.3 Å². The van der Waals surface area contributed by atoms with Crippen molar-refractivity contribution in [3.63, 3.8) is 0 Å². The zero-order valence-electron chi connectivity index (χ0n) is 8.33. The van der Waals surface area contributed by atoms with Crippen LogP contribution in [0.15, 0.2) is 18.2 Å². The number of rotatable bonds is 3. The Kier molecular flexibility index (Phi) is 3.48. The summed E-state index contributed by atoms with van der Waals surface area (Å²) >= 11 is 0. The molecule has 0 bridgehead atoms. The Bertz CT molecular complexity index is 337. The normalized spacial score (nSPS) is 9.86. The van der Waals surface area contributed by atoms with E-state index in [1.807, 2.05) is 13.0 Å². The Labute approximate surface area is 83.0 Å². The van der Waals surface area contributed by atoms with E-state index >= 15 is 0 Å². The quantitative estimate of drug-likeness (QED) is 0.562. The summed E-state index contributed by atoms with van der Waals surface area (Å²) in [5.74, 6) is -0.312. The number of hydroxylamine groups is 1. The minimum absolute atomic E-state index is 0.312. The third-order valence-electron chi connectivity index (χ3n) is 1.76. The van der Waals surface area contributed by atoms with Gasteiger partial charge in [0.2, 0.25) is 0 Å². The van der Waals surface area contributed by atoms with E-state index in [1.54, 1.807) is 19.1 Å². The number of carbonyl (C=O) groups excluding carboxylic acids is 1. The maximum Gasteiger partial charge on any atom is 0.276 e. The smallest absolute Gasteiger partial charge is 0.276 e. The molecule has 4 nitrogen and oxygen atoms in total. The van der Waals surface area contributed by atoms with Crippen LogP contribution in [0.5, 0.6) is 0 Å². The molecule has 1 amide bonds. The molecule has 0 heterocycles. The summed E-state index contributed by atoms with van der Waals surface area (Å²) in [7, 11) is 0. The summed E-state index contributed by atoms with van der Waals surface area (Å²) in [6, 6.07) is 5.28. The SMILES string of the molecule is CCONC(=O)c1cc(C)ccc1N. The minimum atomic E-state index is -0.312. The monoisotopic (exact) mass is 194 g/mol. The molecule has 0 saturated heterocycles. The van der Waals surface area contributed by atoms with Gasteiger partial charge in [0, 0.05) is 5.69 Å². The first-order valence-electron chi connectivity index (χ1n) is 4.43. The average Bonchev–Trinajstić information content (AvgIpc) is 2.18. The van der Waals surface area contributed by atoms with Gasteiger partial charge in [0.15, 0.2) is 0 Å². The van der Waals surface area contributed by atoms with Crippen LogP contribution in [0.2, 0.25) is 0 Å². The lowest BCUT2D eigenvalue weighted by molar-refractivity contribution is 0.0365. The third-order valence-corrected chi connectivity index (χ3v) is 1.76. The zero-order chi connectivity index (χ0) is 10.6. The molecule has 14 heavy (non-hydrogen) atoms. The molecular formula is C10H14N2O2. The maximum atomic E-state index is 11.5. The van der Waals surface area contributed by atoms with Crippen LogP contribution in [0.1, 0.15) is 22.8 Å². The number of nitrogens with one attached hydrogen (secondary N) is 1. The summed E-state index contributed by atoms with van der Waals surface area (Å²) in [5.41, 5.74) is 9.83. The number of nitrogens with two attached hydrogens (primary N) is 1. The lowest BCUT2D eigenvalue weighted by Gasteiger charge is -2.06. The molecule has 3 N–H and O–H groups in total. The molecule has 0 atom stereocenters. The van der Waals surface area contributed by atoms with Crippen LogP contribution < -0.4 is 11.2 Å². The number of anilines is 1. The van der Waals surface area contributed by atoms with Gasteiger partial charge < -0.3 is 5.73 Å². The van der Waals surface area contributed by atoms with Crippen LogP contribution in [-0.2, 0) is 4.84 Å². The Morgan fingerprint density at radius 1 is 1.57 bits per heavy atom. The van der Waals surface area contributed by atoms with Gasteiger partial charge in [-0.25, -0.2) is 5.48 Å². The highest BCUT2D eigenvalue weighted by atomic mass is 16.6. The van der Waals surface area contributed by atoms with Crippen molar-refractivity contribution in [2.45, 2.75) is 13.8 Å². The molecule has 0 aromatic heterocycles. The topological polar surface area (TPSA) is 64.3 Å². The molecule has 4 heteroatoms. The summed E-state index contributed by atoms with van der Waals surface area (Å²) in [4.78, 5) is 16.2. The number of aryl methyl sites for hydroxylation is 1. The van der Waals surface area contributed by atoms with Crippen molar-refractivity contribution < 1.29 is 9.63 Å². The molecule has 1 rings (SSSR count). The van der Waals surface area contributed by atoms with Gasteiger partial charge in [-0.1, -0.05) is 11.6 Å². The maximum absolute atomic E-state index is 11.5. The van der Waals surface area contributed by atoms with Crippen LogP contribution in [0, 0.1) is 6.92 Å². The Morgan fingerprint density at radius 2 is 2.29 bits per heavy atom. The van der Waals surface area contributed by atoms with E-state index in [2.05, 4.69) is 5.48 Å². The predicted molar refractivity (Wildman–Crippen MR) is 54.7 cm³/mol. The van der Waals surface area contributed by atoms with Gasteiger partial charge in [0.1, 0.15) is 0 Å². The standard InChI is InChI=1S/C10H14N2O2/c1-3-14-12-10(13)8-6-7(2)4-5-9(8)11/h4-6H,3,11H2,1-2H3,(H,12,13). The van der Waals surface area contributed by atoms with Gasteiger partial charge in [-0.15, -0.1) is 0 Å². The zero-order valence-corrected chi connectivity index (χ0v) is 8.33. The second kappa shape index (κ2) is 4.62. The molecule has 0 radical (unpaired) electrons. The molecule has 0 fully saturated rings. The fourth-order valence-electron chi connectivity index (χ4n) is 1.06. The predicted octanol–water partition coefficient (Wildman–Crippen LogP) is 1.26. The van der Waals surface area contributed by atoms with Crippen molar-refractivity contribution in [1.82, 2.24) is 5.48 Å². The molecule has 76 valence electrons. The number of nitrogen functional groups attached to an aromatic ring is 1. The van der Waals surface area contributed by atoms with Gasteiger partial charge >= 0.3 is 0 Å². The number of hydrogen-bond donors (Lipinski definition) is 2. The van der Waals surface area contributed by atoms with Crippen molar-refractivity contribution in [2.24, 2.45) is 0 Å². The van der Waals surface area contributed by atoms with Crippen molar-refractivity contribution in [3.8, 4) is 0 Å². The van der Waals surface area contributed by atoms with Crippen LogP contribution in [0.25, 0.3) is 0 Å². The fraction of sp³-hybridized carbons (Fsp3) is 0.300. The molecule has 0 aliphatic carbocycles. The second-order valence-electron chi connectivity index (χ2n) is 2.95. The van der Waals surface area contributed by atoms with E-state index in [-0.39, 0.29) is 5.91 Å². The summed E-state index contributed by atoms with van der Waals surface area (Å²) in [6.07, 6.45) is 0. The Morgan fingerprint density at radius 3 is 2.93 bits per heavy atom. The minimum Gasteiger partial charge on any atom is -0.398 e. The molecule has 1 aromatic carbocycles. The average molecular weight is 194 g/mol. The van der Waals surface area contributed by atoms with Gasteiger partial charge in [-0.2, -0.15) is 0 Å². The van der Waals surface area contributed by atoms with Crippen LogP contribution in [-0.4, -0.2) is 12.5 Å². The summed E-state index contributed by atoms with van der Waals surface area (Å²) < 4.78 is 0. The molecular weight excluding hydrogens is 180 g/mol. The van der Waals surface area contributed by atoms with Gasteiger partial charge in [0.05, 0.1) is 12.2 Å². The van der Waals surface area contributed by atoms with Crippen LogP contribution >= 0.6 is 0 Å². The van der Waals surface area contributed by atoms with E-state index in [0.717, 1.165) is 5.56 Å². The first-order valence-corrected chi connectivity index (χ1v) is 4.43. The Hall–Kier alpha value is -1.55. The van der Waals surface area contributed by atoms with E-state index in [1.165, 1.54) is 0 Å². The molecule has 0 unspecified atom stereocenters. The number of hydrogen-bond acceptors (Lipinski definition) is 3. The van der Waals surface area contributed by atoms with Gasteiger partial charge in [-0.3, -0.25) is 9.63 Å². The number of benzene rings is 1. The van der Waals surface area contributed by atoms with E-state index in [0.29, 0.717) is 17.9 Å². The highest BCUT2D eigenvalue weighted by Crippen LogP contribution is 2.13. The van der Waals surface area contributed by atoms with E-state index < -0.39 is 0 Å². The lowest BCUT2D eigenvalue weighted by atomic mass is 10.1. The fourth-order valence-corrected chi connectivity index (χ4v) is 1.06. The van der Waals surface area contributed by atoms with Crippen molar-refractivity contribution in [1.29, 1.82) is 0 Å². The molecule has 0 aliphatic heterocycles. The van der Waals surface area contributed by atoms with Crippen LogP contribution in [0.3, 0.4) is 0 Å². The van der Waals surface area contributed by atoms with Gasteiger partial charge in [0.25, 0.3) is 5.91 Å². The van der Waals surface area contributed by atoms with Crippen molar-refractivity contribution >= 4 is 11.6 Å². The highest BCUT2D eigenvalue weighted by molar-refractivity contribution is 5.98. The summed E-state index contributed by atoms with van der Waals surface area (Å²) in [5, 5.41) is 0. The second-order valence-corrected chi connectivity index (χ2v) is 2.95. The first-order chi connectivity index (χ1) is 6.65. The largest absolute Gasteiger partial charge is 0.398 e. The molecule has 1 aromatic rings. The number of carbonyl (C=O) groups is 1. The first kappa shape index (κ1) is 10.5. The lowest BCUT2D eigenvalue weighted by Crippen LogP contribution is -2.24. The molecule has 0 aliphatic rings. The van der Waals surface area contributed by atoms with Crippen LogP contribution in [0.4, 0.5) is 5.69 Å².